The average molecular weight is 479 g/mol. The Balaban J connectivity index is 1.75. The lowest BCUT2D eigenvalue weighted by Crippen LogP contribution is -2.52. The Labute approximate surface area is 211 Å². The summed E-state index contributed by atoms with van der Waals surface area (Å²) in [5.74, 6) is 0.413. The number of rotatable bonds is 9. The first-order valence-electron chi connectivity index (χ1n) is 13.1. The van der Waals surface area contributed by atoms with Crippen LogP contribution in [0.25, 0.3) is 0 Å². The number of ether oxygens (including phenoxy) is 1. The zero-order valence-corrected chi connectivity index (χ0v) is 22.1. The van der Waals surface area contributed by atoms with Gasteiger partial charge in [0.2, 0.25) is 5.91 Å². The number of benzene rings is 2. The summed E-state index contributed by atoms with van der Waals surface area (Å²) >= 11 is 0. The summed E-state index contributed by atoms with van der Waals surface area (Å²) in [6.45, 7) is 10.8. The smallest absolute Gasteiger partial charge is 0.261 e. The van der Waals surface area contributed by atoms with Crippen molar-refractivity contribution in [2.24, 2.45) is 0 Å². The molecule has 1 fully saturated rings. The molecule has 2 aromatic carbocycles. The fourth-order valence-corrected chi connectivity index (χ4v) is 4.71. The molecule has 0 radical (unpaired) electrons. The SMILES string of the molecule is CCC(C(=O)NC1CCCCC1)N(Cc1ccccc1C)C(=O)COc1ccc(C(C)(C)C)cc1. The van der Waals surface area contributed by atoms with Gasteiger partial charge in [-0.3, -0.25) is 9.59 Å². The van der Waals surface area contributed by atoms with Crippen molar-refractivity contribution in [1.29, 1.82) is 0 Å². The molecule has 1 saturated carbocycles. The van der Waals surface area contributed by atoms with Gasteiger partial charge in [0.05, 0.1) is 0 Å². The van der Waals surface area contributed by atoms with E-state index in [9.17, 15) is 9.59 Å². The van der Waals surface area contributed by atoms with Crippen LogP contribution in [-0.2, 0) is 21.5 Å². The lowest BCUT2D eigenvalue weighted by atomic mass is 9.87. The number of amides is 2. The van der Waals surface area contributed by atoms with Crippen molar-refractivity contribution in [3.8, 4) is 5.75 Å². The van der Waals surface area contributed by atoms with Gasteiger partial charge in [-0.2, -0.15) is 0 Å². The van der Waals surface area contributed by atoms with Crippen LogP contribution in [0.5, 0.6) is 5.75 Å². The van der Waals surface area contributed by atoms with Gasteiger partial charge in [0.1, 0.15) is 11.8 Å². The van der Waals surface area contributed by atoms with Gasteiger partial charge >= 0.3 is 0 Å². The average Bonchev–Trinajstić information content (AvgIpc) is 2.84. The van der Waals surface area contributed by atoms with Crippen LogP contribution < -0.4 is 10.1 Å². The molecular formula is C30H42N2O3. The number of hydrogen-bond donors (Lipinski definition) is 1. The molecule has 0 heterocycles. The molecule has 1 aliphatic rings. The van der Waals surface area contributed by atoms with Crippen LogP contribution in [-0.4, -0.2) is 35.4 Å². The Morgan fingerprint density at radius 1 is 1.03 bits per heavy atom. The Morgan fingerprint density at radius 2 is 1.69 bits per heavy atom. The molecule has 5 nitrogen and oxygen atoms in total. The highest BCUT2D eigenvalue weighted by Gasteiger charge is 2.30. The highest BCUT2D eigenvalue weighted by molar-refractivity contribution is 5.88. The first kappa shape index (κ1) is 26.8. The number of carbonyl (C=O) groups is 2. The Kier molecular flexibility index (Phi) is 9.36. The van der Waals surface area contributed by atoms with Gasteiger partial charge in [0.25, 0.3) is 5.91 Å². The number of nitrogens with zero attached hydrogens (tertiary/aromatic N) is 1. The summed E-state index contributed by atoms with van der Waals surface area (Å²) in [5, 5.41) is 3.23. The molecule has 0 aromatic heterocycles. The van der Waals surface area contributed by atoms with Gasteiger partial charge in [-0.05, 0) is 60.4 Å². The normalized spacial score (nSPS) is 15.3. The van der Waals surface area contributed by atoms with Crippen LogP contribution in [0.2, 0.25) is 0 Å². The number of aryl methyl sites for hydroxylation is 1. The van der Waals surface area contributed by atoms with Gasteiger partial charge in [-0.1, -0.05) is 83.4 Å². The predicted octanol–water partition coefficient (Wildman–Crippen LogP) is 5.93. The second kappa shape index (κ2) is 12.2. The molecule has 1 atom stereocenters. The van der Waals surface area contributed by atoms with E-state index in [0.717, 1.165) is 36.8 Å². The molecule has 1 aliphatic carbocycles. The van der Waals surface area contributed by atoms with Crippen molar-refractivity contribution in [2.45, 2.75) is 97.2 Å². The molecule has 2 amide bonds. The Bertz CT molecular complexity index is 972. The Hall–Kier alpha value is -2.82. The van der Waals surface area contributed by atoms with E-state index in [1.54, 1.807) is 4.90 Å². The topological polar surface area (TPSA) is 58.6 Å². The van der Waals surface area contributed by atoms with Gasteiger partial charge < -0.3 is 15.0 Å². The maximum absolute atomic E-state index is 13.5. The van der Waals surface area contributed by atoms with E-state index >= 15 is 0 Å². The molecule has 1 unspecified atom stereocenters. The largest absolute Gasteiger partial charge is 0.484 e. The zero-order valence-electron chi connectivity index (χ0n) is 22.1. The highest BCUT2D eigenvalue weighted by atomic mass is 16.5. The van der Waals surface area contributed by atoms with Crippen molar-refractivity contribution >= 4 is 11.8 Å². The van der Waals surface area contributed by atoms with E-state index in [2.05, 4.69) is 26.1 Å². The summed E-state index contributed by atoms with van der Waals surface area (Å²) in [6.07, 6.45) is 6.11. The van der Waals surface area contributed by atoms with Crippen molar-refractivity contribution in [3.05, 3.63) is 65.2 Å². The molecule has 0 spiro atoms. The predicted molar refractivity (Wildman–Crippen MR) is 141 cm³/mol. The molecule has 0 bridgehead atoms. The number of carbonyl (C=O) groups excluding carboxylic acids is 2. The quantitative estimate of drug-likeness (QED) is 0.486. The fourth-order valence-electron chi connectivity index (χ4n) is 4.71. The minimum absolute atomic E-state index is 0.0543. The first-order chi connectivity index (χ1) is 16.7. The van der Waals surface area contributed by atoms with E-state index < -0.39 is 6.04 Å². The van der Waals surface area contributed by atoms with Crippen LogP contribution in [0.15, 0.2) is 48.5 Å². The molecular weight excluding hydrogens is 436 g/mol. The Morgan fingerprint density at radius 3 is 2.29 bits per heavy atom. The third-order valence-corrected chi connectivity index (χ3v) is 7.02. The lowest BCUT2D eigenvalue weighted by Gasteiger charge is -2.33. The maximum Gasteiger partial charge on any atom is 0.261 e. The summed E-state index contributed by atoms with van der Waals surface area (Å²) in [6, 6.07) is 15.6. The summed E-state index contributed by atoms with van der Waals surface area (Å²) in [7, 11) is 0. The molecule has 3 rings (SSSR count). The van der Waals surface area contributed by atoms with Gasteiger partial charge in [-0.25, -0.2) is 0 Å². The molecule has 35 heavy (non-hydrogen) atoms. The molecule has 0 aliphatic heterocycles. The van der Waals surface area contributed by atoms with E-state index in [1.165, 1.54) is 12.0 Å². The van der Waals surface area contributed by atoms with E-state index in [0.29, 0.717) is 18.7 Å². The zero-order chi connectivity index (χ0) is 25.4. The van der Waals surface area contributed by atoms with E-state index in [1.807, 2.05) is 62.4 Å². The highest BCUT2D eigenvalue weighted by Crippen LogP contribution is 2.25. The van der Waals surface area contributed by atoms with Crippen LogP contribution >= 0.6 is 0 Å². The second-order valence-electron chi connectivity index (χ2n) is 10.8. The van der Waals surface area contributed by atoms with E-state index in [-0.39, 0.29) is 29.9 Å². The minimum Gasteiger partial charge on any atom is -0.484 e. The van der Waals surface area contributed by atoms with Crippen molar-refractivity contribution in [1.82, 2.24) is 10.2 Å². The molecule has 1 N–H and O–H groups in total. The monoisotopic (exact) mass is 478 g/mol. The third-order valence-electron chi connectivity index (χ3n) is 7.02. The maximum atomic E-state index is 13.5. The molecule has 2 aromatic rings. The van der Waals surface area contributed by atoms with Gasteiger partial charge in [0.15, 0.2) is 6.61 Å². The lowest BCUT2D eigenvalue weighted by molar-refractivity contribution is -0.143. The van der Waals surface area contributed by atoms with Crippen LogP contribution in [0.3, 0.4) is 0 Å². The summed E-state index contributed by atoms with van der Waals surface area (Å²) < 4.78 is 5.89. The number of hydrogen-bond acceptors (Lipinski definition) is 3. The summed E-state index contributed by atoms with van der Waals surface area (Å²) in [5.41, 5.74) is 3.41. The van der Waals surface area contributed by atoms with Crippen molar-refractivity contribution in [3.63, 3.8) is 0 Å². The van der Waals surface area contributed by atoms with Gasteiger partial charge in [-0.15, -0.1) is 0 Å². The first-order valence-corrected chi connectivity index (χ1v) is 13.1. The van der Waals surface area contributed by atoms with Gasteiger partial charge in [0, 0.05) is 12.6 Å². The van der Waals surface area contributed by atoms with Crippen LogP contribution in [0.1, 0.15) is 82.9 Å². The number of nitrogens with one attached hydrogen (secondary N) is 1. The summed E-state index contributed by atoms with van der Waals surface area (Å²) in [4.78, 5) is 28.5. The van der Waals surface area contributed by atoms with E-state index in [4.69, 9.17) is 4.74 Å². The standard InChI is InChI=1S/C30H42N2O3/c1-6-27(29(34)31-25-14-8-7-9-15-25)32(20-23-13-11-10-12-22(23)2)28(33)21-35-26-18-16-24(17-19-26)30(3,4)5/h10-13,16-19,25,27H,6-9,14-15,20-21H2,1-5H3,(H,31,34). The molecule has 0 saturated heterocycles. The van der Waals surface area contributed by atoms with Crippen LogP contribution in [0, 0.1) is 6.92 Å². The second-order valence-corrected chi connectivity index (χ2v) is 10.8. The molecule has 190 valence electrons. The third kappa shape index (κ3) is 7.58. The minimum atomic E-state index is -0.532. The van der Waals surface area contributed by atoms with Crippen molar-refractivity contribution < 1.29 is 14.3 Å². The van der Waals surface area contributed by atoms with Crippen LogP contribution in [0.4, 0.5) is 0 Å². The van der Waals surface area contributed by atoms with Crippen molar-refractivity contribution in [2.75, 3.05) is 6.61 Å². The molecule has 5 heteroatoms. The fraction of sp³-hybridized carbons (Fsp3) is 0.533.